The molecule has 15 heteroatoms. The highest BCUT2D eigenvalue weighted by molar-refractivity contribution is 6.03. The van der Waals surface area contributed by atoms with Gasteiger partial charge in [-0.15, -0.1) is 0 Å². The van der Waals surface area contributed by atoms with Crippen LogP contribution in [-0.4, -0.2) is 109 Å². The molecule has 52 heavy (non-hydrogen) atoms. The van der Waals surface area contributed by atoms with Crippen molar-refractivity contribution in [2.45, 2.75) is 20.5 Å². The van der Waals surface area contributed by atoms with E-state index < -0.39 is 34.0 Å². The van der Waals surface area contributed by atoms with Gasteiger partial charge in [-0.3, -0.25) is 19.7 Å². The van der Waals surface area contributed by atoms with Gasteiger partial charge in [-0.2, -0.15) is 0 Å². The van der Waals surface area contributed by atoms with Crippen molar-refractivity contribution in [1.82, 2.24) is 0 Å². The van der Waals surface area contributed by atoms with E-state index in [1.54, 1.807) is 12.1 Å². The van der Waals surface area contributed by atoms with E-state index in [4.69, 9.17) is 33.2 Å². The summed E-state index contributed by atoms with van der Waals surface area (Å²) in [6, 6.07) is 18.9. The van der Waals surface area contributed by atoms with Crippen LogP contribution in [-0.2, 0) is 39.8 Å². The van der Waals surface area contributed by atoms with Gasteiger partial charge in [-0.05, 0) is 48.9 Å². The highest BCUT2D eigenvalue weighted by Crippen LogP contribution is 2.39. The molecular formula is C37H47N3O12. The predicted molar refractivity (Wildman–Crippen MR) is 192 cm³/mol. The number of rotatable bonds is 26. The van der Waals surface area contributed by atoms with Crippen molar-refractivity contribution >= 4 is 34.7 Å². The van der Waals surface area contributed by atoms with Crippen molar-refractivity contribution in [2.24, 2.45) is 0 Å². The van der Waals surface area contributed by atoms with E-state index in [2.05, 4.69) is 5.32 Å². The number of nitro groups is 1. The SMILES string of the molecule is CC(=O)Nc1ccc(C(C)=O)c(OC(=O)c2ccc(N(C)CCOCCOCCOCCOCCOCCOCc3ccccc3)cc2)c1[N+](=O)[O-]. The molecule has 15 nitrogen and oxygen atoms in total. The molecule has 0 bridgehead atoms. The zero-order chi connectivity index (χ0) is 37.6. The van der Waals surface area contributed by atoms with Crippen LogP contribution in [0.15, 0.2) is 66.7 Å². The number of Topliss-reactive ketones (excluding diaryl/α,β-unsaturated/α-hetero) is 1. The number of nitrogens with one attached hydrogen (secondary N) is 1. The van der Waals surface area contributed by atoms with E-state index in [9.17, 15) is 24.5 Å². The molecule has 0 aromatic heterocycles. The number of carbonyl (C=O) groups is 3. The topological polar surface area (TPSA) is 174 Å². The number of likely N-dealkylation sites (N-methyl/N-ethyl adjacent to an activating group) is 1. The van der Waals surface area contributed by atoms with Gasteiger partial charge in [0.2, 0.25) is 11.7 Å². The molecule has 0 spiro atoms. The molecular weight excluding hydrogens is 678 g/mol. The van der Waals surface area contributed by atoms with E-state index >= 15 is 0 Å². The van der Waals surface area contributed by atoms with Crippen molar-refractivity contribution in [1.29, 1.82) is 0 Å². The lowest BCUT2D eigenvalue weighted by atomic mass is 10.1. The van der Waals surface area contributed by atoms with Crippen LogP contribution < -0.4 is 15.0 Å². The lowest BCUT2D eigenvalue weighted by molar-refractivity contribution is -0.384. The number of amides is 1. The van der Waals surface area contributed by atoms with Crippen LogP contribution in [0.1, 0.15) is 40.1 Å². The number of esters is 1. The van der Waals surface area contributed by atoms with Gasteiger partial charge >= 0.3 is 11.7 Å². The molecule has 0 saturated carbocycles. The summed E-state index contributed by atoms with van der Waals surface area (Å²) in [4.78, 5) is 49.6. The van der Waals surface area contributed by atoms with Crippen LogP contribution in [0, 0.1) is 10.1 Å². The van der Waals surface area contributed by atoms with E-state index in [1.165, 1.54) is 38.1 Å². The number of hydrogen-bond donors (Lipinski definition) is 1. The Balaban J connectivity index is 1.23. The fourth-order valence-corrected chi connectivity index (χ4v) is 4.62. The van der Waals surface area contributed by atoms with Gasteiger partial charge in [0.1, 0.15) is 5.69 Å². The number of carbonyl (C=O) groups excluding carboxylic acids is 3. The Morgan fingerprint density at radius 2 is 1.21 bits per heavy atom. The standard InChI is InChI=1S/C37H47N3O12/c1-28(41)33-13-14-34(38-29(2)42)35(40(44)45)36(33)52-37(43)31-9-11-32(12-10-31)39(3)15-16-46-17-18-47-19-20-48-21-22-49-23-24-50-25-26-51-27-30-7-5-4-6-8-30/h4-14H,15-27H2,1-3H3,(H,38,42). The van der Waals surface area contributed by atoms with Crippen LogP contribution in [0.2, 0.25) is 0 Å². The molecule has 1 N–H and O–H groups in total. The predicted octanol–water partition coefficient (Wildman–Crippen LogP) is 4.71. The van der Waals surface area contributed by atoms with Crippen LogP contribution in [0.4, 0.5) is 17.1 Å². The Bertz CT molecular complexity index is 1550. The Kier molecular flexibility index (Phi) is 18.9. The maximum absolute atomic E-state index is 13.0. The molecule has 0 radical (unpaired) electrons. The third-order valence-corrected chi connectivity index (χ3v) is 7.29. The van der Waals surface area contributed by atoms with Crippen LogP contribution in [0.5, 0.6) is 5.75 Å². The van der Waals surface area contributed by atoms with E-state index in [0.29, 0.717) is 85.8 Å². The second-order valence-electron chi connectivity index (χ2n) is 11.3. The van der Waals surface area contributed by atoms with Crippen molar-refractivity contribution in [3.8, 4) is 5.75 Å². The molecule has 3 aromatic rings. The molecule has 282 valence electrons. The molecule has 0 heterocycles. The van der Waals surface area contributed by atoms with Gasteiger partial charge in [-0.1, -0.05) is 30.3 Å². The summed E-state index contributed by atoms with van der Waals surface area (Å²) in [5, 5.41) is 14.2. The molecule has 0 fully saturated rings. The number of ketones is 1. The Labute approximate surface area is 303 Å². The summed E-state index contributed by atoms with van der Waals surface area (Å²) < 4.78 is 38.6. The zero-order valence-electron chi connectivity index (χ0n) is 29.8. The number of nitro benzene ring substituents is 1. The number of ether oxygens (including phenoxy) is 7. The second-order valence-corrected chi connectivity index (χ2v) is 11.3. The third kappa shape index (κ3) is 15.2. The maximum Gasteiger partial charge on any atom is 0.343 e. The fourth-order valence-electron chi connectivity index (χ4n) is 4.62. The quantitative estimate of drug-likeness (QED) is 0.0301. The molecule has 0 aliphatic rings. The van der Waals surface area contributed by atoms with Gasteiger partial charge in [0.15, 0.2) is 5.78 Å². The van der Waals surface area contributed by atoms with Gasteiger partial charge in [0, 0.05) is 26.2 Å². The van der Waals surface area contributed by atoms with Crippen molar-refractivity contribution in [2.75, 3.05) is 96.5 Å². The first kappa shape index (κ1) is 41.6. The minimum Gasteiger partial charge on any atom is -0.415 e. The molecule has 3 aromatic carbocycles. The molecule has 0 aliphatic heterocycles. The average molecular weight is 726 g/mol. The highest BCUT2D eigenvalue weighted by atomic mass is 16.6. The summed E-state index contributed by atoms with van der Waals surface area (Å²) >= 11 is 0. The first-order valence-corrected chi connectivity index (χ1v) is 16.8. The van der Waals surface area contributed by atoms with Gasteiger partial charge in [0.05, 0.1) is 95.3 Å². The molecule has 1 amide bonds. The summed E-state index contributed by atoms with van der Waals surface area (Å²) in [6.45, 7) is 8.63. The maximum atomic E-state index is 13.0. The minimum absolute atomic E-state index is 0.109. The smallest absolute Gasteiger partial charge is 0.343 e. The largest absolute Gasteiger partial charge is 0.415 e. The molecule has 3 rings (SSSR count). The summed E-state index contributed by atoms with van der Waals surface area (Å²) in [7, 11) is 1.86. The normalized spacial score (nSPS) is 10.9. The fraction of sp³-hybridized carbons (Fsp3) is 0.432. The summed E-state index contributed by atoms with van der Waals surface area (Å²) in [5.74, 6) is -2.56. The van der Waals surface area contributed by atoms with Gasteiger partial charge < -0.3 is 43.4 Å². The van der Waals surface area contributed by atoms with Crippen molar-refractivity contribution in [3.63, 3.8) is 0 Å². The number of benzene rings is 3. The van der Waals surface area contributed by atoms with Crippen molar-refractivity contribution in [3.05, 3.63) is 93.5 Å². The Morgan fingerprint density at radius 1 is 0.692 bits per heavy atom. The zero-order valence-corrected chi connectivity index (χ0v) is 29.8. The molecule has 0 aliphatic carbocycles. The van der Waals surface area contributed by atoms with Crippen LogP contribution in [0.25, 0.3) is 0 Å². The second kappa shape index (κ2) is 23.7. The summed E-state index contributed by atoms with van der Waals surface area (Å²) in [5.41, 5.74) is 0.978. The minimum atomic E-state index is -0.903. The summed E-state index contributed by atoms with van der Waals surface area (Å²) in [6.07, 6.45) is 0. The number of hydrogen-bond acceptors (Lipinski definition) is 13. The van der Waals surface area contributed by atoms with Crippen LogP contribution >= 0.6 is 0 Å². The van der Waals surface area contributed by atoms with E-state index in [1.807, 2.05) is 42.3 Å². The molecule has 0 unspecified atom stereocenters. The van der Waals surface area contributed by atoms with Crippen molar-refractivity contribution < 1.29 is 52.5 Å². The first-order chi connectivity index (χ1) is 25.2. The van der Waals surface area contributed by atoms with Crippen LogP contribution in [0.3, 0.4) is 0 Å². The number of nitrogens with zero attached hydrogens (tertiary/aromatic N) is 2. The van der Waals surface area contributed by atoms with E-state index in [-0.39, 0.29) is 16.8 Å². The monoisotopic (exact) mass is 725 g/mol. The lowest BCUT2D eigenvalue weighted by Gasteiger charge is -2.19. The first-order valence-electron chi connectivity index (χ1n) is 16.8. The molecule has 0 atom stereocenters. The average Bonchev–Trinajstić information content (AvgIpc) is 3.12. The highest BCUT2D eigenvalue weighted by Gasteiger charge is 2.29. The molecule has 0 saturated heterocycles. The Morgan fingerprint density at radius 3 is 1.71 bits per heavy atom. The Hall–Kier alpha value is -4.77. The number of anilines is 2. The van der Waals surface area contributed by atoms with E-state index in [0.717, 1.165) is 11.3 Å². The van der Waals surface area contributed by atoms with Gasteiger partial charge in [-0.25, -0.2) is 4.79 Å². The van der Waals surface area contributed by atoms with Gasteiger partial charge in [0.25, 0.3) is 0 Å². The third-order valence-electron chi connectivity index (χ3n) is 7.29. The lowest BCUT2D eigenvalue weighted by Crippen LogP contribution is -2.23.